The number of nitrogens with two attached hydrogens (primary N) is 1. The highest BCUT2D eigenvalue weighted by Crippen LogP contribution is 2.32. The van der Waals surface area contributed by atoms with Crippen molar-refractivity contribution >= 4 is 34.7 Å². The molecule has 0 aliphatic carbocycles. The summed E-state index contributed by atoms with van der Waals surface area (Å²) in [7, 11) is 3.74. The van der Waals surface area contributed by atoms with Crippen LogP contribution in [0, 0.1) is 0 Å². The molecular formula is C14H17N7S. The molecule has 2 aromatic heterocycles. The minimum atomic E-state index is 0.00422. The maximum atomic E-state index is 5.77. The molecule has 3 rings (SSSR count). The Balaban J connectivity index is 1.86. The number of hydrogen-bond donors (Lipinski definition) is 2. The van der Waals surface area contributed by atoms with Crippen LogP contribution in [-0.2, 0) is 0 Å². The van der Waals surface area contributed by atoms with Crippen LogP contribution in [0.4, 0.5) is 11.9 Å². The smallest absolute Gasteiger partial charge is 0.229 e. The van der Waals surface area contributed by atoms with E-state index >= 15 is 0 Å². The fourth-order valence-corrected chi connectivity index (χ4v) is 2.85. The third-order valence-corrected chi connectivity index (χ3v) is 4.06. The number of thioether (sulfide) groups is 1. The van der Waals surface area contributed by atoms with Gasteiger partial charge in [0, 0.05) is 14.1 Å². The summed E-state index contributed by atoms with van der Waals surface area (Å²) < 4.78 is 0. The van der Waals surface area contributed by atoms with Crippen molar-refractivity contribution in [2.24, 2.45) is 0 Å². The molecule has 0 spiro atoms. The highest BCUT2D eigenvalue weighted by Gasteiger charge is 2.16. The van der Waals surface area contributed by atoms with E-state index < -0.39 is 0 Å². The van der Waals surface area contributed by atoms with Gasteiger partial charge < -0.3 is 15.6 Å². The van der Waals surface area contributed by atoms with E-state index in [2.05, 4.69) is 24.9 Å². The van der Waals surface area contributed by atoms with Gasteiger partial charge in [-0.2, -0.15) is 15.0 Å². The number of nitrogens with one attached hydrogen (secondary N) is 1. The van der Waals surface area contributed by atoms with Gasteiger partial charge in [-0.25, -0.2) is 4.98 Å². The molecule has 0 bridgehead atoms. The van der Waals surface area contributed by atoms with E-state index in [1.165, 1.54) is 0 Å². The predicted molar refractivity (Wildman–Crippen MR) is 88.9 cm³/mol. The molecule has 1 atom stereocenters. The molecule has 0 saturated carbocycles. The molecule has 0 radical (unpaired) electrons. The lowest BCUT2D eigenvalue weighted by Gasteiger charge is -2.13. The first-order valence-corrected chi connectivity index (χ1v) is 7.71. The average molecular weight is 315 g/mol. The molecule has 3 aromatic rings. The zero-order valence-electron chi connectivity index (χ0n) is 12.6. The number of aromatic amines is 1. The minimum Gasteiger partial charge on any atom is -0.368 e. The topological polar surface area (TPSA) is 96.6 Å². The van der Waals surface area contributed by atoms with E-state index in [4.69, 9.17) is 5.73 Å². The Kier molecular flexibility index (Phi) is 3.84. The van der Waals surface area contributed by atoms with Crippen molar-refractivity contribution in [3.8, 4) is 0 Å². The Bertz CT molecular complexity index is 766. The summed E-state index contributed by atoms with van der Waals surface area (Å²) in [5, 5.41) is 0.837. The quantitative estimate of drug-likeness (QED) is 0.713. The first-order chi connectivity index (χ1) is 10.5. The molecule has 0 aliphatic rings. The van der Waals surface area contributed by atoms with Crippen LogP contribution >= 0.6 is 11.8 Å². The van der Waals surface area contributed by atoms with Crippen molar-refractivity contribution in [1.82, 2.24) is 24.9 Å². The van der Waals surface area contributed by atoms with Crippen LogP contribution in [0.25, 0.3) is 11.0 Å². The molecule has 0 fully saturated rings. The van der Waals surface area contributed by atoms with E-state index in [1.54, 1.807) is 16.7 Å². The van der Waals surface area contributed by atoms with Crippen LogP contribution in [0.3, 0.4) is 0 Å². The number of fused-ring (bicyclic) bond motifs is 1. The van der Waals surface area contributed by atoms with Gasteiger partial charge in [-0.1, -0.05) is 23.9 Å². The number of nitrogens with zero attached hydrogens (tertiary/aromatic N) is 5. The van der Waals surface area contributed by atoms with E-state index in [9.17, 15) is 0 Å². The van der Waals surface area contributed by atoms with Crippen LogP contribution in [-0.4, -0.2) is 39.0 Å². The van der Waals surface area contributed by atoms with Gasteiger partial charge in [0.25, 0.3) is 0 Å². The normalized spacial score (nSPS) is 12.5. The monoisotopic (exact) mass is 315 g/mol. The number of benzene rings is 1. The zero-order valence-corrected chi connectivity index (χ0v) is 13.4. The van der Waals surface area contributed by atoms with E-state index in [1.807, 2.05) is 45.3 Å². The number of rotatable bonds is 4. The molecule has 8 heteroatoms. The highest BCUT2D eigenvalue weighted by atomic mass is 32.2. The highest BCUT2D eigenvalue weighted by molar-refractivity contribution is 7.99. The number of imidazole rings is 1. The summed E-state index contributed by atoms with van der Waals surface area (Å²) in [5.74, 6) is 1.42. The SMILES string of the molecule is CC(Sc1nc2ccccc2[nH]1)c1nc(N)nc(N(C)C)n1. The summed E-state index contributed by atoms with van der Waals surface area (Å²) >= 11 is 1.56. The minimum absolute atomic E-state index is 0.00422. The number of H-pyrrole nitrogens is 1. The van der Waals surface area contributed by atoms with Crippen LogP contribution in [0.5, 0.6) is 0 Å². The third-order valence-electron chi connectivity index (χ3n) is 3.08. The number of nitrogen functional groups attached to an aromatic ring is 1. The molecule has 3 N–H and O–H groups in total. The summed E-state index contributed by atoms with van der Waals surface area (Å²) in [6.07, 6.45) is 0. The second-order valence-corrected chi connectivity index (χ2v) is 6.39. The fraction of sp³-hybridized carbons (Fsp3) is 0.286. The van der Waals surface area contributed by atoms with Crippen LogP contribution in [0.2, 0.25) is 0 Å². The number of anilines is 2. The third kappa shape index (κ3) is 2.96. The maximum absolute atomic E-state index is 5.77. The Morgan fingerprint density at radius 2 is 1.91 bits per heavy atom. The molecule has 0 amide bonds. The van der Waals surface area contributed by atoms with E-state index in [0.717, 1.165) is 16.2 Å². The lowest BCUT2D eigenvalue weighted by atomic mass is 10.3. The molecule has 7 nitrogen and oxygen atoms in total. The van der Waals surface area contributed by atoms with E-state index in [-0.39, 0.29) is 11.2 Å². The lowest BCUT2D eigenvalue weighted by Crippen LogP contribution is -2.16. The second kappa shape index (κ2) is 5.80. The molecule has 114 valence electrons. The molecule has 0 saturated heterocycles. The molecule has 1 unspecified atom stereocenters. The molecule has 1 aromatic carbocycles. The van der Waals surface area contributed by atoms with Gasteiger partial charge in [-0.05, 0) is 19.1 Å². The second-order valence-electron chi connectivity index (χ2n) is 5.07. The van der Waals surface area contributed by atoms with Gasteiger partial charge in [-0.3, -0.25) is 0 Å². The van der Waals surface area contributed by atoms with E-state index in [0.29, 0.717) is 11.8 Å². The van der Waals surface area contributed by atoms with Crippen molar-refractivity contribution in [2.75, 3.05) is 24.7 Å². The first-order valence-electron chi connectivity index (χ1n) is 6.83. The Morgan fingerprint density at radius 3 is 2.64 bits per heavy atom. The number of hydrogen-bond acceptors (Lipinski definition) is 7. The lowest BCUT2D eigenvalue weighted by molar-refractivity contribution is 0.861. The Hall–Kier alpha value is -2.35. The van der Waals surface area contributed by atoms with Gasteiger partial charge in [0.15, 0.2) is 5.16 Å². The number of aromatic nitrogens is 5. The molecule has 2 heterocycles. The average Bonchev–Trinajstić information content (AvgIpc) is 2.88. The van der Waals surface area contributed by atoms with Crippen LogP contribution in [0.1, 0.15) is 18.0 Å². The predicted octanol–water partition coefficient (Wildman–Crippen LogP) is 2.25. The van der Waals surface area contributed by atoms with Crippen molar-refractivity contribution in [1.29, 1.82) is 0 Å². The Labute approximate surface area is 132 Å². The van der Waals surface area contributed by atoms with Crippen LogP contribution < -0.4 is 10.6 Å². The summed E-state index contributed by atoms with van der Waals surface area (Å²) in [4.78, 5) is 22.4. The summed E-state index contributed by atoms with van der Waals surface area (Å²) in [5.41, 5.74) is 7.73. The van der Waals surface area contributed by atoms with Gasteiger partial charge >= 0.3 is 0 Å². The molecular weight excluding hydrogens is 298 g/mol. The summed E-state index contributed by atoms with van der Waals surface area (Å²) in [6, 6.07) is 7.93. The van der Waals surface area contributed by atoms with Gasteiger partial charge in [0.05, 0.1) is 16.3 Å². The maximum Gasteiger partial charge on any atom is 0.229 e. The zero-order chi connectivity index (χ0) is 15.7. The summed E-state index contributed by atoms with van der Waals surface area (Å²) in [6.45, 7) is 2.02. The van der Waals surface area contributed by atoms with Crippen LogP contribution in [0.15, 0.2) is 29.4 Å². The van der Waals surface area contributed by atoms with Crippen molar-refractivity contribution in [3.05, 3.63) is 30.1 Å². The fourth-order valence-electron chi connectivity index (χ4n) is 1.98. The molecule has 0 aliphatic heterocycles. The van der Waals surface area contributed by atoms with Gasteiger partial charge in [0.1, 0.15) is 5.82 Å². The Morgan fingerprint density at radius 1 is 1.14 bits per heavy atom. The van der Waals surface area contributed by atoms with Crippen molar-refractivity contribution < 1.29 is 0 Å². The van der Waals surface area contributed by atoms with Gasteiger partial charge in [0.2, 0.25) is 11.9 Å². The first kappa shape index (κ1) is 14.6. The largest absolute Gasteiger partial charge is 0.368 e. The van der Waals surface area contributed by atoms with Gasteiger partial charge in [-0.15, -0.1) is 0 Å². The number of para-hydroxylation sites is 2. The van der Waals surface area contributed by atoms with Crippen molar-refractivity contribution in [2.45, 2.75) is 17.3 Å². The molecule has 22 heavy (non-hydrogen) atoms. The standard InChI is InChI=1S/C14H17N7S/c1-8(11-18-12(15)20-13(19-11)21(2)3)22-14-16-9-6-4-5-7-10(9)17-14/h4-8H,1-3H3,(H,16,17)(H2,15,18,19,20). The van der Waals surface area contributed by atoms with Crippen molar-refractivity contribution in [3.63, 3.8) is 0 Å².